The second kappa shape index (κ2) is 4.03. The Labute approximate surface area is 108 Å². The molecule has 0 amide bonds. The lowest BCUT2D eigenvalue weighted by atomic mass is 9.79. The molecule has 3 rings (SSSR count). The first-order valence-electron chi connectivity index (χ1n) is 5.78. The van der Waals surface area contributed by atoms with E-state index in [1.807, 2.05) is 17.5 Å². The van der Waals surface area contributed by atoms with Crippen LogP contribution in [0.1, 0.15) is 17.8 Å². The second-order valence-electron chi connectivity index (χ2n) is 4.99. The summed E-state index contributed by atoms with van der Waals surface area (Å²) in [6.07, 6.45) is 0. The molecule has 0 saturated carbocycles. The van der Waals surface area contributed by atoms with Crippen molar-refractivity contribution in [3.05, 3.63) is 48.9 Å². The van der Waals surface area contributed by atoms with Gasteiger partial charge in [0, 0.05) is 16.4 Å². The minimum atomic E-state index is -0.419. The van der Waals surface area contributed by atoms with Crippen molar-refractivity contribution >= 4 is 17.0 Å². The number of hydrogen-bond acceptors (Lipinski definition) is 5. The number of rotatable bonds is 4. The van der Waals surface area contributed by atoms with Crippen LogP contribution >= 0.6 is 11.3 Å². The Morgan fingerprint density at radius 1 is 1.44 bits per heavy atom. The van der Waals surface area contributed by atoms with E-state index >= 15 is 0 Å². The van der Waals surface area contributed by atoms with Crippen LogP contribution in [0.5, 0.6) is 0 Å². The molecule has 4 nitrogen and oxygen atoms in total. The summed E-state index contributed by atoms with van der Waals surface area (Å²) in [4.78, 5) is 23.5. The van der Waals surface area contributed by atoms with Crippen molar-refractivity contribution in [3.63, 3.8) is 0 Å². The van der Waals surface area contributed by atoms with Gasteiger partial charge in [0.05, 0.1) is 24.9 Å². The van der Waals surface area contributed by atoms with Gasteiger partial charge in [0.15, 0.2) is 0 Å². The monoisotopic (exact) mass is 263 g/mol. The van der Waals surface area contributed by atoms with E-state index in [2.05, 4.69) is 12.2 Å². The summed E-state index contributed by atoms with van der Waals surface area (Å²) in [6, 6.07) is 5.41. The van der Waals surface area contributed by atoms with Crippen LogP contribution in [0.3, 0.4) is 0 Å². The van der Waals surface area contributed by atoms with Crippen molar-refractivity contribution in [2.24, 2.45) is 5.41 Å². The van der Waals surface area contributed by atoms with E-state index in [9.17, 15) is 9.59 Å². The lowest BCUT2D eigenvalue weighted by molar-refractivity contribution is -0.111. The third-order valence-corrected chi connectivity index (χ3v) is 4.37. The molecule has 1 atom stereocenters. The molecular weight excluding hydrogens is 250 g/mol. The summed E-state index contributed by atoms with van der Waals surface area (Å²) in [6.45, 7) is 3.45. The van der Waals surface area contributed by atoms with Crippen LogP contribution in [-0.4, -0.2) is 13.2 Å². The average Bonchev–Trinajstić information content (AvgIpc) is 2.84. The van der Waals surface area contributed by atoms with Gasteiger partial charge in [-0.15, -0.1) is 11.3 Å². The van der Waals surface area contributed by atoms with Crippen LogP contribution in [0, 0.1) is 5.41 Å². The fourth-order valence-electron chi connectivity index (χ4n) is 2.21. The number of hydrogen-bond donors (Lipinski definition) is 1. The van der Waals surface area contributed by atoms with Crippen molar-refractivity contribution in [1.29, 1.82) is 0 Å². The minimum absolute atomic E-state index is 0.0227. The van der Waals surface area contributed by atoms with Crippen LogP contribution in [0.2, 0.25) is 0 Å². The number of nitrogens with one attached hydrogen (secondary N) is 1. The van der Waals surface area contributed by atoms with Gasteiger partial charge in [-0.1, -0.05) is 13.0 Å². The van der Waals surface area contributed by atoms with Gasteiger partial charge in [-0.3, -0.25) is 9.59 Å². The topological polar surface area (TPSA) is 55.4 Å². The standard InChI is InChI=1S/C13H13NO3S/c1-13(6-17-7-13)12(10-3-2-4-18-10)14-8-5-9(15)11(8)16/h2-5,12,14H,6-7H2,1H3. The maximum absolute atomic E-state index is 11.4. The zero-order chi connectivity index (χ0) is 12.8. The van der Waals surface area contributed by atoms with E-state index in [0.717, 1.165) is 4.88 Å². The lowest BCUT2D eigenvalue weighted by Crippen LogP contribution is -2.48. The molecule has 94 valence electrons. The van der Waals surface area contributed by atoms with Crippen LogP contribution in [0.4, 0.5) is 5.69 Å². The highest BCUT2D eigenvalue weighted by atomic mass is 32.1. The molecule has 18 heavy (non-hydrogen) atoms. The molecule has 2 heterocycles. The molecule has 1 N–H and O–H groups in total. The van der Waals surface area contributed by atoms with E-state index in [4.69, 9.17) is 4.74 Å². The molecule has 1 aliphatic rings. The molecule has 1 aromatic heterocycles. The van der Waals surface area contributed by atoms with Gasteiger partial charge in [-0.2, -0.15) is 0 Å². The highest BCUT2D eigenvalue weighted by Crippen LogP contribution is 2.43. The summed E-state index contributed by atoms with van der Waals surface area (Å²) in [7, 11) is 0. The second-order valence-corrected chi connectivity index (χ2v) is 5.97. The molecule has 5 heteroatoms. The Morgan fingerprint density at radius 2 is 2.22 bits per heavy atom. The molecule has 1 fully saturated rings. The first-order chi connectivity index (χ1) is 8.60. The van der Waals surface area contributed by atoms with Crippen molar-refractivity contribution in [2.45, 2.75) is 13.0 Å². The third kappa shape index (κ3) is 1.71. The first-order valence-corrected chi connectivity index (χ1v) is 6.66. The summed E-state index contributed by atoms with van der Waals surface area (Å²) < 4.78 is 5.29. The van der Waals surface area contributed by atoms with Gasteiger partial charge in [0.2, 0.25) is 10.9 Å². The highest BCUT2D eigenvalue weighted by Gasteiger charge is 2.43. The van der Waals surface area contributed by atoms with Crippen LogP contribution in [-0.2, 0) is 4.74 Å². The number of thiophene rings is 1. The van der Waals surface area contributed by atoms with Crippen molar-refractivity contribution in [1.82, 2.24) is 0 Å². The van der Waals surface area contributed by atoms with Crippen molar-refractivity contribution in [3.8, 4) is 0 Å². The normalized spacial score (nSPS) is 19.4. The predicted octanol–water partition coefficient (Wildman–Crippen LogP) is 1.53. The molecule has 1 aromatic carbocycles. The lowest BCUT2D eigenvalue weighted by Gasteiger charge is -2.44. The Balaban J connectivity index is 1.89. The van der Waals surface area contributed by atoms with Crippen molar-refractivity contribution < 1.29 is 4.74 Å². The van der Waals surface area contributed by atoms with Gasteiger partial charge in [-0.05, 0) is 11.4 Å². The Bertz CT molecular complexity index is 621. The molecule has 1 saturated heterocycles. The fourth-order valence-corrected chi connectivity index (χ4v) is 3.17. The van der Waals surface area contributed by atoms with E-state index in [0.29, 0.717) is 18.9 Å². The predicted molar refractivity (Wildman–Crippen MR) is 71.0 cm³/mol. The summed E-state index contributed by atoms with van der Waals surface area (Å²) in [5.41, 5.74) is -0.436. The molecule has 0 bridgehead atoms. The maximum Gasteiger partial charge on any atom is 0.248 e. The van der Waals surface area contributed by atoms with E-state index in [1.54, 1.807) is 11.3 Å². The van der Waals surface area contributed by atoms with Gasteiger partial charge in [0.25, 0.3) is 0 Å². The number of ether oxygens (including phenoxy) is 1. The summed E-state index contributed by atoms with van der Waals surface area (Å²) in [5, 5.41) is 5.21. The van der Waals surface area contributed by atoms with Crippen LogP contribution < -0.4 is 16.2 Å². The molecule has 1 unspecified atom stereocenters. The van der Waals surface area contributed by atoms with E-state index in [-0.39, 0.29) is 11.5 Å². The van der Waals surface area contributed by atoms with E-state index in [1.165, 1.54) is 6.07 Å². The summed E-state index contributed by atoms with van der Waals surface area (Å²) in [5.74, 6) is 0. The minimum Gasteiger partial charge on any atom is -0.380 e. The molecule has 0 spiro atoms. The quantitative estimate of drug-likeness (QED) is 0.850. The van der Waals surface area contributed by atoms with Crippen LogP contribution in [0.25, 0.3) is 0 Å². The molecule has 1 aliphatic heterocycles. The average molecular weight is 263 g/mol. The molecule has 0 radical (unpaired) electrons. The smallest absolute Gasteiger partial charge is 0.248 e. The third-order valence-electron chi connectivity index (χ3n) is 3.43. The van der Waals surface area contributed by atoms with Crippen LogP contribution in [0.15, 0.2) is 33.2 Å². The fraction of sp³-hybridized carbons (Fsp3) is 0.385. The SMILES string of the molecule is CC1(C(Nc2cc(=O)c2=O)c2cccs2)COC1. The van der Waals surface area contributed by atoms with Crippen molar-refractivity contribution in [2.75, 3.05) is 18.5 Å². The largest absolute Gasteiger partial charge is 0.380 e. The van der Waals surface area contributed by atoms with Gasteiger partial charge in [0.1, 0.15) is 0 Å². The summed E-state index contributed by atoms with van der Waals surface area (Å²) >= 11 is 1.64. The van der Waals surface area contributed by atoms with E-state index < -0.39 is 10.9 Å². The first kappa shape index (κ1) is 11.6. The highest BCUT2D eigenvalue weighted by molar-refractivity contribution is 7.10. The Kier molecular flexibility index (Phi) is 2.60. The molecular formula is C13H13NO3S. The maximum atomic E-state index is 11.4. The molecule has 2 aromatic rings. The van der Waals surface area contributed by atoms with Gasteiger partial charge < -0.3 is 10.1 Å². The zero-order valence-electron chi connectivity index (χ0n) is 9.93. The Hall–Kier alpha value is -1.46. The van der Waals surface area contributed by atoms with Gasteiger partial charge in [-0.25, -0.2) is 0 Å². The number of anilines is 1. The Morgan fingerprint density at radius 3 is 2.67 bits per heavy atom. The zero-order valence-corrected chi connectivity index (χ0v) is 10.8. The molecule has 0 aliphatic carbocycles. The van der Waals surface area contributed by atoms with Gasteiger partial charge >= 0.3 is 0 Å².